The number of rotatable bonds is 6. The van der Waals surface area contributed by atoms with Gasteiger partial charge in [0, 0.05) is 7.05 Å². The Labute approximate surface area is 135 Å². The number of sulfonamides is 1. The van der Waals surface area contributed by atoms with Crippen LogP contribution in [0.25, 0.3) is 0 Å². The number of halogens is 1. The minimum absolute atomic E-state index is 0.151. The number of benzene rings is 1. The van der Waals surface area contributed by atoms with Crippen LogP contribution >= 0.6 is 0 Å². The molecule has 2 fully saturated rings. The molecule has 5 nitrogen and oxygen atoms in total. The van der Waals surface area contributed by atoms with Crippen LogP contribution < -0.4 is 4.74 Å². The zero-order valence-corrected chi connectivity index (χ0v) is 13.8. The molecule has 0 amide bonds. The lowest BCUT2D eigenvalue weighted by Gasteiger charge is -2.41. The molecule has 1 aromatic rings. The molecule has 23 heavy (non-hydrogen) atoms. The molecule has 2 aliphatic carbocycles. The maximum atomic E-state index is 13.6. The van der Waals surface area contributed by atoms with Gasteiger partial charge in [-0.1, -0.05) is 0 Å². The van der Waals surface area contributed by atoms with Crippen LogP contribution in [0.1, 0.15) is 32.1 Å². The Hall–Kier alpha value is -1.65. The minimum Gasteiger partial charge on any atom is -0.492 e. The Morgan fingerprint density at radius 1 is 1.43 bits per heavy atom. The third-order valence-corrected chi connectivity index (χ3v) is 6.65. The van der Waals surface area contributed by atoms with E-state index in [1.165, 1.54) is 19.2 Å². The van der Waals surface area contributed by atoms with Crippen molar-refractivity contribution in [3.8, 4) is 11.8 Å². The van der Waals surface area contributed by atoms with Crippen molar-refractivity contribution in [2.45, 2.75) is 42.5 Å². The molecule has 0 heterocycles. The Morgan fingerprint density at radius 3 is 2.65 bits per heavy atom. The van der Waals surface area contributed by atoms with Crippen molar-refractivity contribution in [2.24, 2.45) is 5.92 Å². The lowest BCUT2D eigenvalue weighted by Crippen LogP contribution is -2.53. The van der Waals surface area contributed by atoms with Crippen molar-refractivity contribution in [3.05, 3.63) is 24.0 Å². The molecule has 0 unspecified atom stereocenters. The monoisotopic (exact) mass is 338 g/mol. The Morgan fingerprint density at radius 2 is 2.13 bits per heavy atom. The van der Waals surface area contributed by atoms with E-state index in [9.17, 15) is 18.1 Å². The zero-order valence-electron chi connectivity index (χ0n) is 13.0. The van der Waals surface area contributed by atoms with Gasteiger partial charge in [0.2, 0.25) is 10.0 Å². The van der Waals surface area contributed by atoms with Crippen molar-refractivity contribution < 1.29 is 17.5 Å². The summed E-state index contributed by atoms with van der Waals surface area (Å²) in [6.07, 6.45) is 3.93. The topological polar surface area (TPSA) is 70.4 Å². The zero-order chi connectivity index (χ0) is 16.7. The van der Waals surface area contributed by atoms with Gasteiger partial charge in [0.05, 0.1) is 12.7 Å². The summed E-state index contributed by atoms with van der Waals surface area (Å²) in [4.78, 5) is -0.206. The smallest absolute Gasteiger partial charge is 0.248 e. The summed E-state index contributed by atoms with van der Waals surface area (Å²) in [5.41, 5.74) is -1.03. The maximum Gasteiger partial charge on any atom is 0.248 e. The average Bonchev–Trinajstić information content (AvgIpc) is 3.29. The number of ether oxygens (including phenoxy) is 1. The first-order chi connectivity index (χ1) is 10.9. The Bertz CT molecular complexity index is 749. The molecule has 1 aromatic carbocycles. The van der Waals surface area contributed by atoms with Crippen LogP contribution in [0.4, 0.5) is 4.39 Å². The van der Waals surface area contributed by atoms with Crippen LogP contribution in [-0.2, 0) is 10.0 Å². The third kappa shape index (κ3) is 2.93. The summed E-state index contributed by atoms with van der Waals surface area (Å²) >= 11 is 0. The van der Waals surface area contributed by atoms with E-state index in [0.29, 0.717) is 25.4 Å². The summed E-state index contributed by atoms with van der Waals surface area (Å²) in [7, 11) is -2.62. The molecular formula is C16H19FN2O3S. The molecular weight excluding hydrogens is 319 g/mol. The van der Waals surface area contributed by atoms with Crippen LogP contribution in [0.15, 0.2) is 23.1 Å². The van der Waals surface area contributed by atoms with E-state index in [1.54, 1.807) is 0 Å². The number of nitrogens with zero attached hydrogens (tertiary/aromatic N) is 2. The minimum atomic E-state index is -4.00. The standard InChI is InChI=1S/C16H19FN2O3S/c1-19(16(11-18)7-2-8-16)23(20,21)15-9-13(17)5-6-14(15)22-10-12-3-4-12/h5-6,9,12H,2-4,7-8,10H2,1H3. The van der Waals surface area contributed by atoms with Gasteiger partial charge in [-0.3, -0.25) is 0 Å². The molecule has 2 aliphatic rings. The van der Waals surface area contributed by atoms with Gasteiger partial charge in [-0.2, -0.15) is 9.57 Å². The largest absolute Gasteiger partial charge is 0.492 e. The molecule has 0 bridgehead atoms. The summed E-state index contributed by atoms with van der Waals surface area (Å²) in [6.45, 7) is 0.432. The second-order valence-corrected chi connectivity index (χ2v) is 8.25. The summed E-state index contributed by atoms with van der Waals surface area (Å²) in [5, 5.41) is 9.36. The Kier molecular flexibility index (Phi) is 4.07. The summed E-state index contributed by atoms with van der Waals surface area (Å²) < 4.78 is 46.1. The third-order valence-electron chi connectivity index (χ3n) is 4.71. The second-order valence-electron chi connectivity index (χ2n) is 6.31. The summed E-state index contributed by atoms with van der Waals surface area (Å²) in [6, 6.07) is 5.60. The highest BCUT2D eigenvalue weighted by atomic mass is 32.2. The quantitative estimate of drug-likeness (QED) is 0.799. The molecule has 2 saturated carbocycles. The summed E-state index contributed by atoms with van der Waals surface area (Å²) in [5.74, 6) is -0.0432. The lowest BCUT2D eigenvalue weighted by atomic mass is 9.78. The molecule has 0 atom stereocenters. The average molecular weight is 338 g/mol. The predicted octanol–water partition coefficient (Wildman–Crippen LogP) is 2.68. The van der Waals surface area contributed by atoms with Crippen molar-refractivity contribution >= 4 is 10.0 Å². The van der Waals surface area contributed by atoms with Crippen LogP contribution in [0.2, 0.25) is 0 Å². The van der Waals surface area contributed by atoms with Crippen LogP contribution in [0, 0.1) is 23.1 Å². The van der Waals surface area contributed by atoms with E-state index in [4.69, 9.17) is 4.74 Å². The van der Waals surface area contributed by atoms with Gasteiger partial charge in [-0.15, -0.1) is 0 Å². The first-order valence-corrected chi connectivity index (χ1v) is 9.16. The van der Waals surface area contributed by atoms with Gasteiger partial charge >= 0.3 is 0 Å². The highest BCUT2D eigenvalue weighted by Crippen LogP contribution is 2.41. The van der Waals surface area contributed by atoms with Gasteiger partial charge in [-0.25, -0.2) is 12.8 Å². The maximum absolute atomic E-state index is 13.6. The van der Waals surface area contributed by atoms with E-state index >= 15 is 0 Å². The van der Waals surface area contributed by atoms with Crippen molar-refractivity contribution in [1.82, 2.24) is 4.31 Å². The van der Waals surface area contributed by atoms with Gasteiger partial charge in [0.25, 0.3) is 0 Å². The highest BCUT2D eigenvalue weighted by Gasteiger charge is 2.47. The van der Waals surface area contributed by atoms with Gasteiger partial charge < -0.3 is 4.74 Å². The molecule has 3 rings (SSSR count). The van der Waals surface area contributed by atoms with Gasteiger partial charge in [0.1, 0.15) is 22.0 Å². The van der Waals surface area contributed by atoms with E-state index in [2.05, 4.69) is 6.07 Å². The fourth-order valence-electron chi connectivity index (χ4n) is 2.68. The molecule has 124 valence electrons. The molecule has 0 radical (unpaired) electrons. The predicted molar refractivity (Wildman–Crippen MR) is 81.8 cm³/mol. The fourth-order valence-corrected chi connectivity index (χ4v) is 4.30. The van der Waals surface area contributed by atoms with E-state index in [1.807, 2.05) is 0 Å². The first-order valence-electron chi connectivity index (χ1n) is 7.72. The van der Waals surface area contributed by atoms with Crippen molar-refractivity contribution in [3.63, 3.8) is 0 Å². The molecule has 0 spiro atoms. The Balaban J connectivity index is 1.94. The van der Waals surface area contributed by atoms with Crippen LogP contribution in [-0.4, -0.2) is 31.9 Å². The normalized spacial score (nSPS) is 19.9. The van der Waals surface area contributed by atoms with Gasteiger partial charge in [-0.05, 0) is 56.2 Å². The molecule has 0 aliphatic heterocycles. The lowest BCUT2D eigenvalue weighted by molar-refractivity contribution is 0.170. The van der Waals surface area contributed by atoms with E-state index in [0.717, 1.165) is 29.6 Å². The number of nitriles is 1. The first kappa shape index (κ1) is 16.2. The van der Waals surface area contributed by atoms with Crippen LogP contribution in [0.3, 0.4) is 0 Å². The van der Waals surface area contributed by atoms with E-state index in [-0.39, 0.29) is 10.6 Å². The van der Waals surface area contributed by atoms with E-state index < -0.39 is 21.4 Å². The second kappa shape index (κ2) is 5.77. The van der Waals surface area contributed by atoms with Crippen molar-refractivity contribution in [1.29, 1.82) is 5.26 Å². The number of hydrogen-bond acceptors (Lipinski definition) is 4. The molecule has 7 heteroatoms. The SMILES string of the molecule is CN(C1(C#N)CCC1)S(=O)(=O)c1cc(F)ccc1OCC1CC1. The number of hydrogen-bond donors (Lipinski definition) is 0. The van der Waals surface area contributed by atoms with Crippen molar-refractivity contribution in [2.75, 3.05) is 13.7 Å². The molecule has 0 saturated heterocycles. The van der Waals surface area contributed by atoms with Crippen LogP contribution in [0.5, 0.6) is 5.75 Å². The molecule has 0 aromatic heterocycles. The molecule has 0 N–H and O–H groups in total. The van der Waals surface area contributed by atoms with Gasteiger partial charge in [0.15, 0.2) is 0 Å². The highest BCUT2D eigenvalue weighted by molar-refractivity contribution is 7.89. The fraction of sp³-hybridized carbons (Fsp3) is 0.562.